The lowest BCUT2D eigenvalue weighted by Gasteiger charge is -2.34. The van der Waals surface area contributed by atoms with Gasteiger partial charge in [0.2, 0.25) is 15.9 Å². The number of aromatic amines is 1. The zero-order valence-electron chi connectivity index (χ0n) is 15.7. The lowest BCUT2D eigenvalue weighted by Crippen LogP contribution is -2.53. The summed E-state index contributed by atoms with van der Waals surface area (Å²) in [7, 11) is -3.64. The number of aromatic nitrogens is 2. The van der Waals surface area contributed by atoms with E-state index in [0.29, 0.717) is 30.3 Å². The van der Waals surface area contributed by atoms with Gasteiger partial charge in [0.05, 0.1) is 17.3 Å². The van der Waals surface area contributed by atoms with Crippen LogP contribution in [0.25, 0.3) is 0 Å². The average Bonchev–Trinajstić information content (AvgIpc) is 2.96. The van der Waals surface area contributed by atoms with Gasteiger partial charge in [0.1, 0.15) is 4.90 Å². The van der Waals surface area contributed by atoms with E-state index in [9.17, 15) is 13.2 Å². The molecule has 3 heterocycles. The fraction of sp³-hybridized carbons (Fsp3) is 0.765. The van der Waals surface area contributed by atoms with Crippen LogP contribution in [0.1, 0.15) is 37.6 Å². The Labute approximate surface area is 155 Å². The van der Waals surface area contributed by atoms with E-state index in [1.165, 1.54) is 4.31 Å². The van der Waals surface area contributed by atoms with E-state index in [1.807, 2.05) is 0 Å². The summed E-state index contributed by atoms with van der Waals surface area (Å²) in [6.45, 7) is 7.96. The highest BCUT2D eigenvalue weighted by atomic mass is 32.2. The van der Waals surface area contributed by atoms with Crippen molar-refractivity contribution in [1.29, 1.82) is 0 Å². The molecule has 0 aromatic carbocycles. The number of hydrogen-bond donors (Lipinski definition) is 3. The van der Waals surface area contributed by atoms with Gasteiger partial charge in [-0.15, -0.1) is 0 Å². The van der Waals surface area contributed by atoms with E-state index < -0.39 is 10.0 Å². The highest BCUT2D eigenvalue weighted by molar-refractivity contribution is 7.89. The molecule has 3 unspecified atom stereocenters. The van der Waals surface area contributed by atoms with Gasteiger partial charge in [0, 0.05) is 25.7 Å². The third kappa shape index (κ3) is 3.79. The van der Waals surface area contributed by atoms with Crippen molar-refractivity contribution < 1.29 is 13.2 Å². The van der Waals surface area contributed by atoms with Gasteiger partial charge in [-0.2, -0.15) is 9.40 Å². The minimum Gasteiger partial charge on any atom is -0.352 e. The molecule has 0 spiro atoms. The Morgan fingerprint density at radius 3 is 2.73 bits per heavy atom. The normalized spacial score (nSPS) is 28.0. The van der Waals surface area contributed by atoms with Gasteiger partial charge in [-0.05, 0) is 45.6 Å². The number of nitrogens with one attached hydrogen (secondary N) is 3. The molecule has 1 amide bonds. The molecule has 0 radical (unpaired) electrons. The van der Waals surface area contributed by atoms with Crippen molar-refractivity contribution in [3.8, 4) is 0 Å². The number of piperidine rings is 2. The summed E-state index contributed by atoms with van der Waals surface area (Å²) in [5.74, 6) is 0.0890. The average molecular weight is 384 g/mol. The van der Waals surface area contributed by atoms with Gasteiger partial charge in [0.15, 0.2) is 0 Å². The predicted molar refractivity (Wildman–Crippen MR) is 98.1 cm³/mol. The SMILES string of the molecule is Cc1n[nH]c(C)c1S(=O)(=O)N1CCCC(C(=O)NC2CNCCC2C)C1. The smallest absolute Gasteiger partial charge is 0.246 e. The summed E-state index contributed by atoms with van der Waals surface area (Å²) in [5, 5.41) is 13.2. The number of hydrogen-bond acceptors (Lipinski definition) is 5. The van der Waals surface area contributed by atoms with Crippen molar-refractivity contribution in [1.82, 2.24) is 25.1 Å². The zero-order valence-corrected chi connectivity index (χ0v) is 16.5. The second kappa shape index (κ2) is 7.66. The van der Waals surface area contributed by atoms with Crippen molar-refractivity contribution in [2.45, 2.75) is 51.0 Å². The molecule has 3 rings (SSSR count). The van der Waals surface area contributed by atoms with Gasteiger partial charge in [0.25, 0.3) is 0 Å². The third-order valence-electron chi connectivity index (χ3n) is 5.57. The Kier molecular flexibility index (Phi) is 5.69. The maximum Gasteiger partial charge on any atom is 0.246 e. The van der Waals surface area contributed by atoms with E-state index >= 15 is 0 Å². The Morgan fingerprint density at radius 1 is 1.31 bits per heavy atom. The Bertz CT molecular complexity index is 741. The first-order chi connectivity index (χ1) is 12.3. The molecule has 3 N–H and O–H groups in total. The maximum atomic E-state index is 13.0. The van der Waals surface area contributed by atoms with Crippen LogP contribution in [0.15, 0.2) is 4.90 Å². The Hall–Kier alpha value is -1.45. The molecule has 2 aliphatic rings. The van der Waals surface area contributed by atoms with Crippen LogP contribution < -0.4 is 10.6 Å². The molecule has 0 bridgehead atoms. The van der Waals surface area contributed by atoms with Gasteiger partial charge < -0.3 is 10.6 Å². The molecule has 8 nitrogen and oxygen atoms in total. The largest absolute Gasteiger partial charge is 0.352 e. The highest BCUT2D eigenvalue weighted by Crippen LogP contribution is 2.27. The summed E-state index contributed by atoms with van der Waals surface area (Å²) < 4.78 is 27.5. The van der Waals surface area contributed by atoms with Gasteiger partial charge in [-0.3, -0.25) is 9.89 Å². The fourth-order valence-electron chi connectivity index (χ4n) is 3.91. The number of H-pyrrole nitrogens is 1. The van der Waals surface area contributed by atoms with Crippen LogP contribution >= 0.6 is 0 Å². The number of carbonyl (C=O) groups is 1. The van der Waals surface area contributed by atoms with Gasteiger partial charge in [-0.25, -0.2) is 8.42 Å². The van der Waals surface area contributed by atoms with E-state index in [2.05, 4.69) is 27.8 Å². The zero-order chi connectivity index (χ0) is 18.9. The lowest BCUT2D eigenvalue weighted by molar-refractivity contribution is -0.127. The first-order valence-corrected chi connectivity index (χ1v) is 10.8. The van der Waals surface area contributed by atoms with E-state index in [0.717, 1.165) is 25.9 Å². The highest BCUT2D eigenvalue weighted by Gasteiger charge is 2.36. The molecule has 2 aliphatic heterocycles. The molecule has 146 valence electrons. The lowest BCUT2D eigenvalue weighted by atomic mass is 9.93. The topological polar surface area (TPSA) is 107 Å². The molecule has 0 aliphatic carbocycles. The number of rotatable bonds is 4. The molecule has 2 saturated heterocycles. The Balaban J connectivity index is 1.70. The van der Waals surface area contributed by atoms with Crippen LogP contribution in [0.2, 0.25) is 0 Å². The van der Waals surface area contributed by atoms with Crippen LogP contribution in [0.5, 0.6) is 0 Å². The second-order valence-corrected chi connectivity index (χ2v) is 9.43. The first kappa shape index (κ1) is 19.3. The van der Waals surface area contributed by atoms with E-state index in [-0.39, 0.29) is 29.3 Å². The van der Waals surface area contributed by atoms with Crippen LogP contribution in [0, 0.1) is 25.7 Å². The number of nitrogens with zero attached hydrogens (tertiary/aromatic N) is 2. The molecular formula is C17H29N5O3S. The van der Waals surface area contributed by atoms with Crippen LogP contribution in [-0.2, 0) is 14.8 Å². The molecule has 0 saturated carbocycles. The summed E-state index contributed by atoms with van der Waals surface area (Å²) in [6, 6.07) is 0.113. The predicted octanol–water partition coefficient (Wildman–Crippen LogP) is 0.541. The third-order valence-corrected chi connectivity index (χ3v) is 7.70. The van der Waals surface area contributed by atoms with Crippen molar-refractivity contribution in [3.63, 3.8) is 0 Å². The summed E-state index contributed by atoms with van der Waals surface area (Å²) >= 11 is 0. The number of aryl methyl sites for hydroxylation is 2. The fourth-order valence-corrected chi connectivity index (χ4v) is 5.76. The number of sulfonamides is 1. The van der Waals surface area contributed by atoms with E-state index in [4.69, 9.17) is 0 Å². The standard InChI is InChI=1S/C17H29N5O3S/c1-11-6-7-18-9-15(11)19-17(23)14-5-4-8-22(10-14)26(24,25)16-12(2)20-21-13(16)3/h11,14-15,18H,4-10H2,1-3H3,(H,19,23)(H,20,21). The molecule has 9 heteroatoms. The Morgan fingerprint density at radius 2 is 2.08 bits per heavy atom. The molecule has 2 fully saturated rings. The number of amides is 1. The first-order valence-electron chi connectivity index (χ1n) is 9.33. The van der Waals surface area contributed by atoms with Gasteiger partial charge >= 0.3 is 0 Å². The molecule has 3 atom stereocenters. The molecular weight excluding hydrogens is 354 g/mol. The summed E-state index contributed by atoms with van der Waals surface area (Å²) in [6.07, 6.45) is 2.44. The number of carbonyl (C=O) groups excluding carboxylic acids is 1. The van der Waals surface area contributed by atoms with Crippen LogP contribution in [-0.4, -0.2) is 61.0 Å². The maximum absolute atomic E-state index is 13.0. The van der Waals surface area contributed by atoms with E-state index in [1.54, 1.807) is 13.8 Å². The van der Waals surface area contributed by atoms with Crippen molar-refractivity contribution >= 4 is 15.9 Å². The monoisotopic (exact) mass is 383 g/mol. The van der Waals surface area contributed by atoms with Crippen LogP contribution in [0.3, 0.4) is 0 Å². The van der Waals surface area contributed by atoms with Crippen molar-refractivity contribution in [3.05, 3.63) is 11.4 Å². The minimum atomic E-state index is -3.64. The van der Waals surface area contributed by atoms with Gasteiger partial charge in [-0.1, -0.05) is 6.92 Å². The quantitative estimate of drug-likeness (QED) is 0.703. The second-order valence-electron chi connectivity index (χ2n) is 7.55. The summed E-state index contributed by atoms with van der Waals surface area (Å²) in [4.78, 5) is 13.0. The molecule has 1 aromatic heterocycles. The minimum absolute atomic E-state index is 0.0360. The molecule has 1 aromatic rings. The molecule has 26 heavy (non-hydrogen) atoms. The van der Waals surface area contributed by atoms with Crippen molar-refractivity contribution in [2.75, 3.05) is 26.2 Å². The van der Waals surface area contributed by atoms with Crippen LogP contribution in [0.4, 0.5) is 0 Å². The van der Waals surface area contributed by atoms with Crippen molar-refractivity contribution in [2.24, 2.45) is 11.8 Å². The summed E-state index contributed by atoms with van der Waals surface area (Å²) in [5.41, 5.74) is 1.01.